The summed E-state index contributed by atoms with van der Waals surface area (Å²) >= 11 is 0. The van der Waals surface area contributed by atoms with Gasteiger partial charge in [-0.05, 0) is 86.3 Å². The molecule has 0 spiro atoms. The van der Waals surface area contributed by atoms with Gasteiger partial charge in [0.25, 0.3) is 5.91 Å². The number of rotatable bonds is 4. The maximum atomic E-state index is 12.9. The van der Waals surface area contributed by atoms with E-state index in [1.807, 2.05) is 18.2 Å². The van der Waals surface area contributed by atoms with Crippen molar-refractivity contribution < 1.29 is 9.90 Å². The van der Waals surface area contributed by atoms with Crippen molar-refractivity contribution in [2.24, 2.45) is 5.92 Å². The van der Waals surface area contributed by atoms with Crippen LogP contribution in [0.15, 0.2) is 67.1 Å². The van der Waals surface area contributed by atoms with E-state index in [2.05, 4.69) is 57.5 Å². The van der Waals surface area contributed by atoms with Gasteiger partial charge in [0.2, 0.25) is 0 Å². The van der Waals surface area contributed by atoms with Crippen LogP contribution in [-0.2, 0) is 18.3 Å². The number of hydrogen-bond acceptors (Lipinski definition) is 4. The van der Waals surface area contributed by atoms with E-state index in [1.165, 1.54) is 23.0 Å². The van der Waals surface area contributed by atoms with Gasteiger partial charge >= 0.3 is 0 Å². The van der Waals surface area contributed by atoms with E-state index < -0.39 is 5.60 Å². The number of carbonyl (C=O) groups excluding carboxylic acids is 1. The van der Waals surface area contributed by atoms with Crippen molar-refractivity contribution in [1.29, 1.82) is 0 Å². The van der Waals surface area contributed by atoms with Gasteiger partial charge in [0, 0.05) is 17.2 Å². The van der Waals surface area contributed by atoms with Crippen molar-refractivity contribution >= 4 is 11.7 Å². The standard InChI is InChI=1S/C29H29N3O2/c1-2-13-28(34)14-15-29(18-21-6-4-3-5-7-21)24(19-28)10-8-22-17-23(9-11-25(22)29)27(33)32-26-12-16-30-20-31-26/h3-7,9,11-12,16-17,20,24,34H,8,10,14-15,18-19H2,1H3,(H,30,31,32,33)/t24-,28-,29+/m1/s1. The molecule has 172 valence electrons. The second-order valence-corrected chi connectivity index (χ2v) is 9.59. The Balaban J connectivity index is 1.50. The number of aryl methyl sites for hydroxylation is 1. The molecule has 2 aliphatic carbocycles. The van der Waals surface area contributed by atoms with Gasteiger partial charge in [0.1, 0.15) is 17.7 Å². The molecule has 34 heavy (non-hydrogen) atoms. The highest BCUT2D eigenvalue weighted by Crippen LogP contribution is 2.54. The van der Waals surface area contributed by atoms with E-state index >= 15 is 0 Å². The molecule has 3 aromatic rings. The molecule has 2 aromatic carbocycles. The molecule has 1 aromatic heterocycles. The van der Waals surface area contributed by atoms with Crippen LogP contribution in [-0.4, -0.2) is 26.6 Å². The average Bonchev–Trinajstić information content (AvgIpc) is 2.85. The molecule has 1 amide bonds. The smallest absolute Gasteiger partial charge is 0.256 e. The second-order valence-electron chi connectivity index (χ2n) is 9.59. The van der Waals surface area contributed by atoms with E-state index in [0.29, 0.717) is 30.1 Å². The van der Waals surface area contributed by atoms with Crippen LogP contribution < -0.4 is 5.32 Å². The number of nitrogens with zero attached hydrogens (tertiary/aromatic N) is 2. The summed E-state index contributed by atoms with van der Waals surface area (Å²) < 4.78 is 0. The summed E-state index contributed by atoms with van der Waals surface area (Å²) in [6.07, 6.45) is 8.04. The van der Waals surface area contributed by atoms with Crippen LogP contribution in [0.25, 0.3) is 0 Å². The monoisotopic (exact) mass is 451 g/mol. The Morgan fingerprint density at radius 1 is 1.18 bits per heavy atom. The average molecular weight is 452 g/mol. The first-order valence-corrected chi connectivity index (χ1v) is 11.9. The fourth-order valence-corrected chi connectivity index (χ4v) is 6.02. The predicted octanol–water partition coefficient (Wildman–Crippen LogP) is 4.71. The van der Waals surface area contributed by atoms with Gasteiger partial charge in [-0.15, -0.1) is 5.92 Å². The van der Waals surface area contributed by atoms with E-state index in [1.54, 1.807) is 19.2 Å². The number of carbonyl (C=O) groups is 1. The minimum absolute atomic E-state index is 0.0712. The summed E-state index contributed by atoms with van der Waals surface area (Å²) in [5.74, 6) is 6.68. The number of hydrogen-bond donors (Lipinski definition) is 2. The quantitative estimate of drug-likeness (QED) is 0.564. The molecule has 5 heteroatoms. The zero-order valence-electron chi connectivity index (χ0n) is 19.4. The molecule has 5 rings (SSSR count). The molecule has 2 aliphatic rings. The van der Waals surface area contributed by atoms with Crippen LogP contribution in [0.1, 0.15) is 59.7 Å². The molecule has 0 radical (unpaired) electrons. The molecule has 0 unspecified atom stereocenters. The number of aromatic nitrogens is 2. The summed E-state index contributed by atoms with van der Waals surface area (Å²) in [7, 11) is 0. The Morgan fingerprint density at radius 3 is 2.79 bits per heavy atom. The van der Waals surface area contributed by atoms with Gasteiger partial charge in [0.05, 0.1) is 0 Å². The van der Waals surface area contributed by atoms with Crippen LogP contribution in [0.3, 0.4) is 0 Å². The number of aliphatic hydroxyl groups is 1. The van der Waals surface area contributed by atoms with Crippen LogP contribution >= 0.6 is 0 Å². The fraction of sp³-hybridized carbons (Fsp3) is 0.345. The first kappa shape index (κ1) is 22.3. The van der Waals surface area contributed by atoms with E-state index in [0.717, 1.165) is 25.7 Å². The number of benzene rings is 2. The molecule has 2 N–H and O–H groups in total. The maximum Gasteiger partial charge on any atom is 0.256 e. The Bertz CT molecular complexity index is 1250. The molecule has 1 fully saturated rings. The number of amides is 1. The third-order valence-corrected chi connectivity index (χ3v) is 7.56. The normalized spacial score (nSPS) is 25.3. The van der Waals surface area contributed by atoms with E-state index in [-0.39, 0.29) is 11.3 Å². The largest absolute Gasteiger partial charge is 0.378 e. The zero-order valence-corrected chi connectivity index (χ0v) is 19.4. The van der Waals surface area contributed by atoms with E-state index in [4.69, 9.17) is 0 Å². The summed E-state index contributed by atoms with van der Waals surface area (Å²) in [6.45, 7) is 1.80. The minimum atomic E-state index is -0.908. The topological polar surface area (TPSA) is 75.1 Å². The number of nitrogens with one attached hydrogen (secondary N) is 1. The van der Waals surface area contributed by atoms with Gasteiger partial charge in [-0.1, -0.05) is 42.3 Å². The fourth-order valence-electron chi connectivity index (χ4n) is 6.02. The van der Waals surface area contributed by atoms with Crippen molar-refractivity contribution in [3.05, 3.63) is 89.4 Å². The van der Waals surface area contributed by atoms with Gasteiger partial charge in [-0.25, -0.2) is 9.97 Å². The van der Waals surface area contributed by atoms with Gasteiger partial charge < -0.3 is 10.4 Å². The lowest BCUT2D eigenvalue weighted by Crippen LogP contribution is -2.50. The molecule has 0 aliphatic heterocycles. The van der Waals surface area contributed by atoms with E-state index in [9.17, 15) is 9.90 Å². The van der Waals surface area contributed by atoms with Gasteiger partial charge in [-0.2, -0.15) is 0 Å². The van der Waals surface area contributed by atoms with Crippen molar-refractivity contribution in [1.82, 2.24) is 9.97 Å². The molecule has 1 heterocycles. The molecule has 0 saturated heterocycles. The lowest BCUT2D eigenvalue weighted by Gasteiger charge is -2.52. The molecule has 1 saturated carbocycles. The maximum absolute atomic E-state index is 12.9. The lowest BCUT2D eigenvalue weighted by atomic mass is 9.52. The Kier molecular flexibility index (Phi) is 5.93. The third kappa shape index (κ3) is 4.22. The summed E-state index contributed by atoms with van der Waals surface area (Å²) in [5, 5.41) is 14.0. The van der Waals surface area contributed by atoms with Crippen molar-refractivity contribution in [2.45, 2.75) is 56.5 Å². The van der Waals surface area contributed by atoms with Crippen LogP contribution in [0.5, 0.6) is 0 Å². The Labute approximate surface area is 200 Å². The van der Waals surface area contributed by atoms with Gasteiger partial charge in [0.15, 0.2) is 0 Å². The molecule has 3 atom stereocenters. The molecule has 5 nitrogen and oxygen atoms in total. The molecule has 0 bridgehead atoms. The minimum Gasteiger partial charge on any atom is -0.378 e. The van der Waals surface area contributed by atoms with Crippen LogP contribution in [0.2, 0.25) is 0 Å². The molecular weight excluding hydrogens is 422 g/mol. The lowest BCUT2D eigenvalue weighted by molar-refractivity contribution is -0.00801. The third-order valence-electron chi connectivity index (χ3n) is 7.56. The predicted molar refractivity (Wildman–Crippen MR) is 132 cm³/mol. The van der Waals surface area contributed by atoms with Crippen molar-refractivity contribution in [3.63, 3.8) is 0 Å². The summed E-state index contributed by atoms with van der Waals surface area (Å²) in [4.78, 5) is 20.9. The Hall–Kier alpha value is -3.49. The SMILES string of the molecule is CC#C[C@@]1(O)CC[C@@]2(Cc3ccccc3)c3ccc(C(=O)Nc4ccncn4)cc3CC[C@@H]2C1. The number of anilines is 1. The summed E-state index contributed by atoms with van der Waals surface area (Å²) in [5.41, 5.74) is 3.51. The number of fused-ring (bicyclic) bond motifs is 3. The van der Waals surface area contributed by atoms with Crippen LogP contribution in [0.4, 0.5) is 5.82 Å². The Morgan fingerprint density at radius 2 is 2.03 bits per heavy atom. The second kappa shape index (κ2) is 9.04. The highest BCUT2D eigenvalue weighted by atomic mass is 16.3. The molecular formula is C29H29N3O2. The van der Waals surface area contributed by atoms with Gasteiger partial charge in [-0.3, -0.25) is 4.79 Å². The highest BCUT2D eigenvalue weighted by Gasteiger charge is 2.51. The van der Waals surface area contributed by atoms with Crippen molar-refractivity contribution in [3.8, 4) is 11.8 Å². The zero-order chi connectivity index (χ0) is 23.6. The first-order chi connectivity index (χ1) is 16.5. The highest BCUT2D eigenvalue weighted by molar-refractivity contribution is 6.03. The summed E-state index contributed by atoms with van der Waals surface area (Å²) in [6, 6.07) is 18.4. The van der Waals surface area contributed by atoms with Crippen LogP contribution in [0, 0.1) is 17.8 Å². The van der Waals surface area contributed by atoms with Crippen molar-refractivity contribution in [2.75, 3.05) is 5.32 Å². The first-order valence-electron chi connectivity index (χ1n) is 11.9.